The molecule has 2 unspecified atom stereocenters. The molecule has 3 rings (SSSR count). The van der Waals surface area contributed by atoms with Crippen molar-refractivity contribution in [1.29, 1.82) is 0 Å². The van der Waals surface area contributed by atoms with Crippen molar-refractivity contribution in [2.75, 3.05) is 6.26 Å². The van der Waals surface area contributed by atoms with Crippen LogP contribution in [0.25, 0.3) is 5.69 Å². The lowest BCUT2D eigenvalue weighted by Crippen LogP contribution is -2.28. The van der Waals surface area contributed by atoms with Crippen LogP contribution in [0.15, 0.2) is 48.5 Å². The van der Waals surface area contributed by atoms with Crippen molar-refractivity contribution in [3.8, 4) is 5.69 Å². The van der Waals surface area contributed by atoms with Crippen molar-refractivity contribution < 1.29 is 26.4 Å². The highest BCUT2D eigenvalue weighted by Crippen LogP contribution is 2.31. The van der Waals surface area contributed by atoms with Crippen LogP contribution >= 0.6 is 23.2 Å². The number of alkyl halides is 3. The Morgan fingerprint density at radius 1 is 1.17 bits per heavy atom. The molecule has 2 atom stereocenters. The third-order valence-corrected chi connectivity index (χ3v) is 6.99. The van der Waals surface area contributed by atoms with Gasteiger partial charge in [0.2, 0.25) is 5.91 Å². The second-order valence-corrected chi connectivity index (χ2v) is 10.9. The van der Waals surface area contributed by atoms with Gasteiger partial charge in [-0.3, -0.25) is 4.79 Å². The number of carbonyl (C=O) groups is 1. The van der Waals surface area contributed by atoms with Crippen molar-refractivity contribution in [3.05, 3.63) is 81.1 Å². The molecule has 35 heavy (non-hydrogen) atoms. The summed E-state index contributed by atoms with van der Waals surface area (Å²) in [4.78, 5) is 12.8. The van der Waals surface area contributed by atoms with Gasteiger partial charge in [0.05, 0.1) is 23.8 Å². The molecule has 7 nitrogen and oxygen atoms in total. The fourth-order valence-electron chi connectivity index (χ4n) is 3.27. The van der Waals surface area contributed by atoms with E-state index in [0.717, 1.165) is 17.0 Å². The Morgan fingerprint density at radius 3 is 2.43 bits per heavy atom. The van der Waals surface area contributed by atoms with Crippen LogP contribution in [0.5, 0.6) is 0 Å². The van der Waals surface area contributed by atoms with E-state index in [0.29, 0.717) is 16.3 Å². The Morgan fingerprint density at radius 2 is 1.86 bits per heavy atom. The van der Waals surface area contributed by atoms with Crippen molar-refractivity contribution in [2.45, 2.75) is 30.9 Å². The molecule has 1 amide bonds. The summed E-state index contributed by atoms with van der Waals surface area (Å²) in [5, 5.41) is 5.31. The quantitative estimate of drug-likeness (QED) is 0.448. The molecule has 0 spiro atoms. The minimum Gasteiger partial charge on any atom is -0.350 e. The molecule has 0 aliphatic rings. The Balaban J connectivity index is 1.82. The summed E-state index contributed by atoms with van der Waals surface area (Å²) >= 11 is 12.2. The van der Waals surface area contributed by atoms with Crippen molar-refractivity contribution in [1.82, 2.24) is 15.1 Å². The second-order valence-electron chi connectivity index (χ2n) is 7.88. The Hall–Kier alpha value is -2.60. The monoisotopic (exact) mass is 548 g/mol. The molecule has 188 valence electrons. The highest BCUT2D eigenvalue weighted by atomic mass is 35.5. The average molecular weight is 549 g/mol. The second kappa shape index (κ2) is 10.2. The third-order valence-electron chi connectivity index (χ3n) is 5.26. The van der Waals surface area contributed by atoms with Crippen molar-refractivity contribution >= 4 is 38.9 Å². The molecule has 0 saturated heterocycles. The maximum Gasteiger partial charge on any atom is 0.435 e. The summed E-state index contributed by atoms with van der Waals surface area (Å²) in [5.41, 5.74) is 5.67. The van der Waals surface area contributed by atoms with Gasteiger partial charge in [0.1, 0.15) is 5.37 Å². The normalized spacial score (nSPS) is 13.9. The average Bonchev–Trinajstić information content (AvgIpc) is 3.20. The fraction of sp³-hybridized carbons (Fsp3) is 0.273. The van der Waals surface area contributed by atoms with E-state index < -0.39 is 38.9 Å². The number of halogens is 5. The molecule has 0 bridgehead atoms. The highest BCUT2D eigenvalue weighted by Gasteiger charge is 2.35. The third kappa shape index (κ3) is 6.35. The van der Waals surface area contributed by atoms with Gasteiger partial charge in [-0.1, -0.05) is 41.4 Å². The predicted molar refractivity (Wildman–Crippen MR) is 127 cm³/mol. The zero-order chi connectivity index (χ0) is 26.1. The zero-order valence-corrected chi connectivity index (χ0v) is 20.8. The van der Waals surface area contributed by atoms with Crippen LogP contribution in [-0.4, -0.2) is 30.4 Å². The summed E-state index contributed by atoms with van der Waals surface area (Å²) in [6.45, 7) is 1.33. The topological polar surface area (TPSA) is 107 Å². The van der Waals surface area contributed by atoms with Crippen molar-refractivity contribution in [3.63, 3.8) is 0 Å². The summed E-state index contributed by atoms with van der Waals surface area (Å²) in [6, 6.07) is 11.4. The Labute approximate surface area is 209 Å². The van der Waals surface area contributed by atoms with Crippen LogP contribution in [-0.2, 0) is 27.4 Å². The number of nitrogens with two attached hydrogens (primary N) is 1. The Kier molecular flexibility index (Phi) is 7.85. The number of amides is 1. The molecule has 0 saturated carbocycles. The van der Waals surface area contributed by atoms with E-state index in [1.807, 2.05) is 0 Å². The molecule has 0 radical (unpaired) electrons. The van der Waals surface area contributed by atoms with Crippen LogP contribution in [0, 0.1) is 0 Å². The first-order valence-electron chi connectivity index (χ1n) is 10.1. The lowest BCUT2D eigenvalue weighted by atomic mass is 9.99. The number of sulfone groups is 1. The van der Waals surface area contributed by atoms with Gasteiger partial charge >= 0.3 is 6.18 Å². The number of hydrogen-bond donors (Lipinski definition) is 2. The number of hydrogen-bond acceptors (Lipinski definition) is 5. The molecule has 13 heteroatoms. The molecule has 2 aromatic carbocycles. The van der Waals surface area contributed by atoms with E-state index in [9.17, 15) is 26.4 Å². The van der Waals surface area contributed by atoms with Gasteiger partial charge in [0, 0.05) is 21.9 Å². The van der Waals surface area contributed by atoms with Gasteiger partial charge in [-0.25, -0.2) is 13.1 Å². The molecule has 1 aromatic heterocycles. The number of rotatable bonds is 7. The summed E-state index contributed by atoms with van der Waals surface area (Å²) in [6.07, 6.45) is -3.70. The van der Waals surface area contributed by atoms with Crippen LogP contribution in [0.4, 0.5) is 13.2 Å². The minimum absolute atomic E-state index is 0.0777. The van der Waals surface area contributed by atoms with E-state index >= 15 is 0 Å². The first kappa shape index (κ1) is 27.0. The maximum atomic E-state index is 13.3. The standard InChI is InChI=1S/C22H21Cl2F3N4O3S/c1-12(13-6-7-17(18(24)8-13)20(28)35(2,33)34)21(32)29-11-16-10-19(22(25,26)27)30-31(16)15-5-3-4-14(23)9-15/h3-10,12,20H,11,28H2,1-2H3,(H,29,32). The maximum absolute atomic E-state index is 13.3. The van der Waals surface area contributed by atoms with Gasteiger partial charge in [-0.2, -0.15) is 18.3 Å². The molecule has 0 aliphatic heterocycles. The number of aromatic nitrogens is 2. The summed E-state index contributed by atoms with van der Waals surface area (Å²) in [5.74, 6) is -1.24. The van der Waals surface area contributed by atoms with Crippen LogP contribution < -0.4 is 11.1 Å². The number of benzene rings is 2. The van der Waals surface area contributed by atoms with E-state index in [2.05, 4.69) is 10.4 Å². The van der Waals surface area contributed by atoms with Crippen LogP contribution in [0.1, 0.15) is 40.7 Å². The molecule has 0 fully saturated rings. The lowest BCUT2D eigenvalue weighted by molar-refractivity contribution is -0.141. The van der Waals surface area contributed by atoms with E-state index in [1.165, 1.54) is 30.3 Å². The molecular formula is C22H21Cl2F3N4O3S. The molecule has 1 heterocycles. The van der Waals surface area contributed by atoms with Crippen molar-refractivity contribution in [2.24, 2.45) is 5.73 Å². The van der Waals surface area contributed by atoms with E-state index in [4.69, 9.17) is 28.9 Å². The Bertz CT molecular complexity index is 1360. The highest BCUT2D eigenvalue weighted by molar-refractivity contribution is 7.90. The van der Waals surface area contributed by atoms with Gasteiger partial charge in [-0.05, 0) is 42.8 Å². The van der Waals surface area contributed by atoms with Gasteiger partial charge in [0.25, 0.3) is 0 Å². The summed E-state index contributed by atoms with van der Waals surface area (Å²) < 4.78 is 64.3. The molecular weight excluding hydrogens is 528 g/mol. The smallest absolute Gasteiger partial charge is 0.350 e. The van der Waals surface area contributed by atoms with E-state index in [-0.39, 0.29) is 22.8 Å². The molecule has 3 aromatic rings. The number of nitrogens with zero attached hydrogens (tertiary/aromatic N) is 2. The van der Waals surface area contributed by atoms with Gasteiger partial charge in [0.15, 0.2) is 15.5 Å². The van der Waals surface area contributed by atoms with Crippen LogP contribution in [0.2, 0.25) is 10.0 Å². The molecule has 0 aliphatic carbocycles. The first-order chi connectivity index (χ1) is 16.2. The number of carbonyl (C=O) groups excluding carboxylic acids is 1. The first-order valence-corrected chi connectivity index (χ1v) is 12.8. The van der Waals surface area contributed by atoms with Gasteiger partial charge < -0.3 is 11.1 Å². The van der Waals surface area contributed by atoms with E-state index in [1.54, 1.807) is 19.1 Å². The lowest BCUT2D eigenvalue weighted by Gasteiger charge is -2.16. The van der Waals surface area contributed by atoms with Gasteiger partial charge in [-0.15, -0.1) is 0 Å². The molecule has 3 N–H and O–H groups in total. The largest absolute Gasteiger partial charge is 0.435 e. The predicted octanol–water partition coefficient (Wildman–Crippen LogP) is 4.62. The fourth-order valence-corrected chi connectivity index (χ4v) is 4.49. The zero-order valence-electron chi connectivity index (χ0n) is 18.5. The summed E-state index contributed by atoms with van der Waals surface area (Å²) in [7, 11) is -3.59. The SMILES string of the molecule is CC(C(=O)NCc1cc(C(F)(F)F)nn1-c1cccc(Cl)c1)c1ccc(C(N)S(C)(=O)=O)c(Cl)c1. The van der Waals surface area contributed by atoms with Crippen LogP contribution in [0.3, 0.4) is 0 Å². The minimum atomic E-state index is -4.68. The number of nitrogens with one attached hydrogen (secondary N) is 1.